The smallest absolute Gasteiger partial charge is 0.124 e. The van der Waals surface area contributed by atoms with Gasteiger partial charge in [-0.1, -0.05) is 6.07 Å². The van der Waals surface area contributed by atoms with Crippen molar-refractivity contribution in [2.75, 3.05) is 7.11 Å². The lowest BCUT2D eigenvalue weighted by atomic mass is 10.1. The Morgan fingerprint density at radius 2 is 2.15 bits per heavy atom. The van der Waals surface area contributed by atoms with Crippen LogP contribution in [0.15, 0.2) is 18.2 Å². The number of methoxy groups -OCH3 is 1. The molecule has 1 aromatic rings. The van der Waals surface area contributed by atoms with E-state index in [2.05, 4.69) is 0 Å². The maximum atomic E-state index is 8.61. The molecule has 1 aromatic carbocycles. The maximum absolute atomic E-state index is 8.61. The number of ether oxygens (including phenoxy) is 1. The Labute approximate surface area is 76.8 Å². The summed E-state index contributed by atoms with van der Waals surface area (Å²) in [6.07, 6.45) is 0.300. The van der Waals surface area contributed by atoms with Gasteiger partial charge in [-0.25, -0.2) is 0 Å². The Morgan fingerprint density at radius 1 is 1.38 bits per heavy atom. The van der Waals surface area contributed by atoms with Gasteiger partial charge in [0.05, 0.1) is 31.2 Å². The van der Waals surface area contributed by atoms with Crippen LogP contribution in [-0.2, 0) is 6.42 Å². The van der Waals surface area contributed by atoms with Crippen LogP contribution in [0.1, 0.15) is 11.1 Å². The molecule has 0 amide bonds. The summed E-state index contributed by atoms with van der Waals surface area (Å²) < 4.78 is 5.04. The van der Waals surface area contributed by atoms with Crippen LogP contribution >= 0.6 is 0 Å². The van der Waals surface area contributed by atoms with Crippen LogP contribution in [0.5, 0.6) is 5.75 Å². The second kappa shape index (κ2) is 4.13. The van der Waals surface area contributed by atoms with E-state index in [0.29, 0.717) is 17.7 Å². The monoisotopic (exact) mass is 172 g/mol. The van der Waals surface area contributed by atoms with E-state index in [4.69, 9.17) is 15.3 Å². The fourth-order valence-corrected chi connectivity index (χ4v) is 1.05. The molecule has 1 rings (SSSR count). The standard InChI is InChI=1S/C10H8N2O/c1-13-10-6-8(7-12)2-3-9(10)4-5-11/h2-3,6H,4H2,1H3. The van der Waals surface area contributed by atoms with E-state index in [0.717, 1.165) is 5.56 Å². The summed E-state index contributed by atoms with van der Waals surface area (Å²) in [7, 11) is 1.53. The molecule has 0 aromatic heterocycles. The summed E-state index contributed by atoms with van der Waals surface area (Å²) in [5.74, 6) is 0.598. The zero-order chi connectivity index (χ0) is 9.68. The molecular weight excluding hydrogens is 164 g/mol. The highest BCUT2D eigenvalue weighted by molar-refractivity contribution is 5.43. The first-order valence-electron chi connectivity index (χ1n) is 3.75. The maximum Gasteiger partial charge on any atom is 0.124 e. The van der Waals surface area contributed by atoms with Crippen LogP contribution in [0.25, 0.3) is 0 Å². The zero-order valence-electron chi connectivity index (χ0n) is 7.24. The Kier molecular flexibility index (Phi) is 2.89. The van der Waals surface area contributed by atoms with Crippen LogP contribution < -0.4 is 4.74 Å². The van der Waals surface area contributed by atoms with Crippen LogP contribution in [0.2, 0.25) is 0 Å². The lowest BCUT2D eigenvalue weighted by molar-refractivity contribution is 0.410. The van der Waals surface area contributed by atoms with Crippen molar-refractivity contribution in [2.45, 2.75) is 6.42 Å². The number of rotatable bonds is 2. The summed E-state index contributed by atoms with van der Waals surface area (Å²) >= 11 is 0. The van der Waals surface area contributed by atoms with Crippen molar-refractivity contribution in [2.24, 2.45) is 0 Å². The molecule has 13 heavy (non-hydrogen) atoms. The van der Waals surface area contributed by atoms with Gasteiger partial charge in [-0.05, 0) is 12.1 Å². The summed E-state index contributed by atoms with van der Waals surface area (Å²) in [5.41, 5.74) is 1.35. The Hall–Kier alpha value is -2.00. The number of benzene rings is 1. The molecule has 0 saturated carbocycles. The summed E-state index contributed by atoms with van der Waals surface area (Å²) in [4.78, 5) is 0. The van der Waals surface area contributed by atoms with Gasteiger partial charge in [0.2, 0.25) is 0 Å². The molecule has 0 unspecified atom stereocenters. The molecule has 3 heteroatoms. The van der Waals surface area contributed by atoms with Crippen molar-refractivity contribution in [3.8, 4) is 17.9 Å². The molecule has 0 aliphatic rings. The minimum Gasteiger partial charge on any atom is -0.496 e. The van der Waals surface area contributed by atoms with Crippen molar-refractivity contribution in [1.29, 1.82) is 10.5 Å². The highest BCUT2D eigenvalue weighted by Gasteiger charge is 2.02. The predicted molar refractivity (Wildman–Crippen MR) is 47.0 cm³/mol. The van der Waals surface area contributed by atoms with Crippen LogP contribution in [0.4, 0.5) is 0 Å². The van der Waals surface area contributed by atoms with Crippen molar-refractivity contribution >= 4 is 0 Å². The Morgan fingerprint density at radius 3 is 2.69 bits per heavy atom. The third kappa shape index (κ3) is 1.98. The first kappa shape index (κ1) is 9.09. The average molecular weight is 172 g/mol. The summed E-state index contributed by atoms with van der Waals surface area (Å²) in [6.45, 7) is 0. The van der Waals surface area contributed by atoms with E-state index in [1.807, 2.05) is 12.1 Å². The predicted octanol–water partition coefficient (Wildman–Crippen LogP) is 1.63. The molecule has 0 aliphatic carbocycles. The summed E-state index contributed by atoms with van der Waals surface area (Å²) in [5, 5.41) is 17.1. The SMILES string of the molecule is COc1cc(C#N)ccc1CC#N. The molecule has 0 spiro atoms. The van der Waals surface area contributed by atoms with E-state index in [-0.39, 0.29) is 0 Å². The second-order valence-electron chi connectivity index (χ2n) is 2.47. The van der Waals surface area contributed by atoms with Gasteiger partial charge in [0.15, 0.2) is 0 Å². The molecule has 0 aliphatic heterocycles. The van der Waals surface area contributed by atoms with Crippen LogP contribution in [0.3, 0.4) is 0 Å². The fraction of sp³-hybridized carbons (Fsp3) is 0.200. The molecular formula is C10H8N2O. The van der Waals surface area contributed by atoms with E-state index in [1.165, 1.54) is 7.11 Å². The highest BCUT2D eigenvalue weighted by atomic mass is 16.5. The van der Waals surface area contributed by atoms with Gasteiger partial charge in [0.25, 0.3) is 0 Å². The molecule has 3 nitrogen and oxygen atoms in total. The highest BCUT2D eigenvalue weighted by Crippen LogP contribution is 2.19. The van der Waals surface area contributed by atoms with Gasteiger partial charge in [0, 0.05) is 5.56 Å². The molecule has 0 radical (unpaired) electrons. The Bertz CT molecular complexity index is 385. The lowest BCUT2D eigenvalue weighted by Crippen LogP contribution is -1.91. The second-order valence-corrected chi connectivity index (χ2v) is 2.47. The minimum absolute atomic E-state index is 0.300. The van der Waals surface area contributed by atoms with Gasteiger partial charge in [0.1, 0.15) is 5.75 Å². The van der Waals surface area contributed by atoms with E-state index < -0.39 is 0 Å². The quantitative estimate of drug-likeness (QED) is 0.681. The summed E-state index contributed by atoms with van der Waals surface area (Å²) in [6, 6.07) is 9.09. The van der Waals surface area contributed by atoms with Crippen molar-refractivity contribution < 1.29 is 4.74 Å². The van der Waals surface area contributed by atoms with Crippen molar-refractivity contribution in [3.05, 3.63) is 29.3 Å². The van der Waals surface area contributed by atoms with Gasteiger partial charge in [-0.2, -0.15) is 10.5 Å². The van der Waals surface area contributed by atoms with Gasteiger partial charge in [-0.15, -0.1) is 0 Å². The molecule has 0 atom stereocenters. The van der Waals surface area contributed by atoms with E-state index in [9.17, 15) is 0 Å². The van der Waals surface area contributed by atoms with E-state index in [1.54, 1.807) is 18.2 Å². The van der Waals surface area contributed by atoms with Crippen molar-refractivity contribution in [1.82, 2.24) is 0 Å². The Balaban J connectivity index is 3.11. The first-order chi connectivity index (χ1) is 6.31. The lowest BCUT2D eigenvalue weighted by Gasteiger charge is -2.04. The van der Waals surface area contributed by atoms with Gasteiger partial charge in [-0.3, -0.25) is 0 Å². The molecule has 0 N–H and O–H groups in total. The topological polar surface area (TPSA) is 56.8 Å². The van der Waals surface area contributed by atoms with Gasteiger partial charge >= 0.3 is 0 Å². The molecule has 0 heterocycles. The fourth-order valence-electron chi connectivity index (χ4n) is 1.05. The van der Waals surface area contributed by atoms with Crippen LogP contribution in [-0.4, -0.2) is 7.11 Å². The number of nitriles is 2. The number of hydrogen-bond donors (Lipinski definition) is 0. The third-order valence-corrected chi connectivity index (χ3v) is 1.69. The largest absolute Gasteiger partial charge is 0.496 e. The molecule has 0 fully saturated rings. The first-order valence-corrected chi connectivity index (χ1v) is 3.75. The zero-order valence-corrected chi connectivity index (χ0v) is 7.24. The number of hydrogen-bond acceptors (Lipinski definition) is 3. The molecule has 64 valence electrons. The minimum atomic E-state index is 0.300. The normalized spacial score (nSPS) is 8.54. The van der Waals surface area contributed by atoms with Crippen molar-refractivity contribution in [3.63, 3.8) is 0 Å². The van der Waals surface area contributed by atoms with Crippen LogP contribution in [0, 0.1) is 22.7 Å². The molecule has 0 saturated heterocycles. The third-order valence-electron chi connectivity index (χ3n) is 1.69. The van der Waals surface area contributed by atoms with Gasteiger partial charge < -0.3 is 4.74 Å². The molecule has 0 bridgehead atoms. The van der Waals surface area contributed by atoms with E-state index >= 15 is 0 Å². The average Bonchev–Trinajstić information content (AvgIpc) is 2.19. The number of nitrogens with zero attached hydrogens (tertiary/aromatic N) is 2.